The van der Waals surface area contributed by atoms with Crippen molar-refractivity contribution in [2.24, 2.45) is 0 Å². The van der Waals surface area contributed by atoms with E-state index in [0.717, 1.165) is 17.0 Å². The molecule has 8 heteroatoms. The zero-order valence-corrected chi connectivity index (χ0v) is 13.1. The fourth-order valence-electron chi connectivity index (χ4n) is 2.91. The number of fused-ring (bicyclic) bond motifs is 1. The first-order valence-electron chi connectivity index (χ1n) is 7.55. The van der Waals surface area contributed by atoms with Crippen molar-refractivity contribution in [3.8, 4) is 5.69 Å². The first-order chi connectivity index (χ1) is 12.4. The number of imide groups is 1. The number of alkyl halides is 3. The highest BCUT2D eigenvalue weighted by Gasteiger charge is 2.39. The molecule has 2 heterocycles. The summed E-state index contributed by atoms with van der Waals surface area (Å²) >= 11 is 0. The van der Waals surface area contributed by atoms with Crippen LogP contribution in [0.15, 0.2) is 61.2 Å². The van der Waals surface area contributed by atoms with Gasteiger partial charge in [0.15, 0.2) is 0 Å². The summed E-state index contributed by atoms with van der Waals surface area (Å²) in [6, 6.07) is 9.05. The van der Waals surface area contributed by atoms with Crippen LogP contribution in [0.2, 0.25) is 0 Å². The standard InChI is InChI=1S/C18H10F3N3O2/c19-18(20,21)11-5-6-14(23-8-7-22-10-23)15(9-11)24-16(25)12-3-1-2-4-13(12)17(24)26/h1-10H. The van der Waals surface area contributed by atoms with Gasteiger partial charge in [-0.1, -0.05) is 12.1 Å². The van der Waals surface area contributed by atoms with Gasteiger partial charge in [-0.2, -0.15) is 13.2 Å². The van der Waals surface area contributed by atoms with Crippen LogP contribution in [0.25, 0.3) is 5.69 Å². The third-order valence-corrected chi connectivity index (χ3v) is 4.12. The van der Waals surface area contributed by atoms with Gasteiger partial charge in [-0.3, -0.25) is 9.59 Å². The number of hydrogen-bond acceptors (Lipinski definition) is 3. The Morgan fingerprint density at radius 1 is 0.885 bits per heavy atom. The van der Waals surface area contributed by atoms with E-state index in [1.54, 1.807) is 12.1 Å². The van der Waals surface area contributed by atoms with Crippen LogP contribution in [0.5, 0.6) is 0 Å². The number of benzene rings is 2. The number of carbonyl (C=O) groups excluding carboxylic acids is 2. The van der Waals surface area contributed by atoms with E-state index in [0.29, 0.717) is 0 Å². The van der Waals surface area contributed by atoms with Crippen LogP contribution in [-0.4, -0.2) is 21.4 Å². The molecule has 1 aliphatic rings. The molecule has 0 aliphatic carbocycles. The Labute approximate surface area is 145 Å². The molecule has 0 atom stereocenters. The number of amides is 2. The molecule has 0 saturated carbocycles. The van der Waals surface area contributed by atoms with Crippen LogP contribution in [0, 0.1) is 0 Å². The predicted molar refractivity (Wildman–Crippen MR) is 86.1 cm³/mol. The van der Waals surface area contributed by atoms with Gasteiger partial charge in [0.25, 0.3) is 11.8 Å². The summed E-state index contributed by atoms with van der Waals surface area (Å²) in [4.78, 5) is 30.0. The van der Waals surface area contributed by atoms with Gasteiger partial charge in [0.1, 0.15) is 0 Å². The van der Waals surface area contributed by atoms with Crippen LogP contribution >= 0.6 is 0 Å². The van der Waals surface area contributed by atoms with Gasteiger partial charge < -0.3 is 4.57 Å². The van der Waals surface area contributed by atoms with Crippen molar-refractivity contribution in [1.29, 1.82) is 0 Å². The molecule has 1 aromatic heterocycles. The summed E-state index contributed by atoms with van der Waals surface area (Å²) in [7, 11) is 0. The first kappa shape index (κ1) is 16.1. The van der Waals surface area contributed by atoms with E-state index in [-0.39, 0.29) is 22.5 Å². The summed E-state index contributed by atoms with van der Waals surface area (Å²) in [6.07, 6.45) is -0.265. The van der Waals surface area contributed by atoms with Crippen molar-refractivity contribution in [1.82, 2.24) is 9.55 Å². The fraction of sp³-hybridized carbons (Fsp3) is 0.0556. The summed E-state index contributed by atoms with van der Waals surface area (Å²) in [5.41, 5.74) is -0.542. The molecule has 26 heavy (non-hydrogen) atoms. The molecule has 4 rings (SSSR count). The zero-order valence-electron chi connectivity index (χ0n) is 13.1. The molecule has 1 aliphatic heterocycles. The van der Waals surface area contributed by atoms with Crippen molar-refractivity contribution >= 4 is 17.5 Å². The van der Waals surface area contributed by atoms with Crippen molar-refractivity contribution in [2.45, 2.75) is 6.18 Å². The number of hydrogen-bond donors (Lipinski definition) is 0. The molecule has 0 saturated heterocycles. The molecular weight excluding hydrogens is 347 g/mol. The Bertz CT molecular complexity index is 991. The smallest absolute Gasteiger partial charge is 0.304 e. The molecule has 130 valence electrons. The van der Waals surface area contributed by atoms with E-state index in [4.69, 9.17) is 0 Å². The first-order valence-corrected chi connectivity index (χ1v) is 7.55. The molecule has 5 nitrogen and oxygen atoms in total. The molecule has 2 aromatic carbocycles. The van der Waals surface area contributed by atoms with Crippen LogP contribution in [0.1, 0.15) is 26.3 Å². The van der Waals surface area contributed by atoms with E-state index in [2.05, 4.69) is 4.98 Å². The average Bonchev–Trinajstić information content (AvgIpc) is 3.22. The van der Waals surface area contributed by atoms with Crippen molar-refractivity contribution in [3.05, 3.63) is 77.9 Å². The largest absolute Gasteiger partial charge is 0.416 e. The Morgan fingerprint density at radius 2 is 1.54 bits per heavy atom. The molecule has 0 fully saturated rings. The molecule has 0 N–H and O–H groups in total. The Morgan fingerprint density at radius 3 is 2.08 bits per heavy atom. The minimum absolute atomic E-state index is 0.149. The minimum atomic E-state index is -4.61. The number of aromatic nitrogens is 2. The minimum Gasteiger partial charge on any atom is -0.304 e. The fourth-order valence-corrected chi connectivity index (χ4v) is 2.91. The van der Waals surface area contributed by atoms with Gasteiger partial charge in [-0.25, -0.2) is 9.88 Å². The summed E-state index contributed by atoms with van der Waals surface area (Å²) in [5, 5.41) is 0. The van der Waals surface area contributed by atoms with E-state index in [9.17, 15) is 22.8 Å². The lowest BCUT2D eigenvalue weighted by atomic mass is 10.1. The third kappa shape index (κ3) is 2.38. The number of nitrogens with zero attached hydrogens (tertiary/aromatic N) is 3. The van der Waals surface area contributed by atoms with Gasteiger partial charge in [-0.15, -0.1) is 0 Å². The van der Waals surface area contributed by atoms with E-state index in [1.165, 1.54) is 41.5 Å². The SMILES string of the molecule is O=C1c2ccccc2C(=O)N1c1cc(C(F)(F)F)ccc1-n1ccnc1. The molecule has 3 aromatic rings. The zero-order chi connectivity index (χ0) is 18.5. The number of carbonyl (C=O) groups is 2. The van der Waals surface area contributed by atoms with Gasteiger partial charge in [0, 0.05) is 12.4 Å². The van der Waals surface area contributed by atoms with E-state index >= 15 is 0 Å². The van der Waals surface area contributed by atoms with E-state index in [1.807, 2.05) is 0 Å². The van der Waals surface area contributed by atoms with Crippen molar-refractivity contribution in [2.75, 3.05) is 4.90 Å². The number of imidazole rings is 1. The number of rotatable bonds is 2. The van der Waals surface area contributed by atoms with Gasteiger partial charge in [0.05, 0.1) is 34.4 Å². The molecular formula is C18H10F3N3O2. The maximum atomic E-state index is 13.2. The summed E-state index contributed by atoms with van der Waals surface area (Å²) in [6.45, 7) is 0. The van der Waals surface area contributed by atoms with Gasteiger partial charge in [-0.05, 0) is 30.3 Å². The monoisotopic (exact) mass is 357 g/mol. The highest BCUT2D eigenvalue weighted by molar-refractivity contribution is 6.35. The lowest BCUT2D eigenvalue weighted by Crippen LogP contribution is -2.30. The lowest BCUT2D eigenvalue weighted by Gasteiger charge is -2.20. The quantitative estimate of drug-likeness (QED) is 0.658. The second-order valence-corrected chi connectivity index (χ2v) is 5.66. The topological polar surface area (TPSA) is 55.2 Å². The molecule has 0 spiro atoms. The molecule has 2 amide bonds. The van der Waals surface area contributed by atoms with Crippen molar-refractivity contribution in [3.63, 3.8) is 0 Å². The second kappa shape index (κ2) is 5.55. The molecule has 0 bridgehead atoms. The van der Waals surface area contributed by atoms with Gasteiger partial charge in [0.2, 0.25) is 0 Å². The normalized spacial score (nSPS) is 14.0. The summed E-state index contributed by atoms with van der Waals surface area (Å²) < 4.78 is 41.0. The Kier molecular flexibility index (Phi) is 3.43. The number of halogens is 3. The third-order valence-electron chi connectivity index (χ3n) is 4.12. The van der Waals surface area contributed by atoms with Crippen LogP contribution < -0.4 is 4.90 Å². The predicted octanol–water partition coefficient (Wildman–Crippen LogP) is 3.69. The van der Waals surface area contributed by atoms with E-state index < -0.39 is 23.6 Å². The number of anilines is 1. The lowest BCUT2D eigenvalue weighted by molar-refractivity contribution is -0.137. The molecule has 0 unspecified atom stereocenters. The molecule has 0 radical (unpaired) electrons. The average molecular weight is 357 g/mol. The van der Waals surface area contributed by atoms with Crippen LogP contribution in [0.3, 0.4) is 0 Å². The van der Waals surface area contributed by atoms with Crippen LogP contribution in [-0.2, 0) is 6.18 Å². The maximum absolute atomic E-state index is 13.2. The highest BCUT2D eigenvalue weighted by Crippen LogP contribution is 2.37. The maximum Gasteiger partial charge on any atom is 0.416 e. The second-order valence-electron chi connectivity index (χ2n) is 5.66. The Hall–Kier alpha value is -3.42. The van der Waals surface area contributed by atoms with Crippen LogP contribution in [0.4, 0.5) is 18.9 Å². The Balaban J connectivity index is 1.93. The van der Waals surface area contributed by atoms with Gasteiger partial charge >= 0.3 is 6.18 Å². The summed E-state index contributed by atoms with van der Waals surface area (Å²) in [5.74, 6) is -1.32. The van der Waals surface area contributed by atoms with Crippen molar-refractivity contribution < 1.29 is 22.8 Å². The highest BCUT2D eigenvalue weighted by atomic mass is 19.4.